The number of rotatable bonds is 9. The molecule has 0 aliphatic carbocycles. The van der Waals surface area contributed by atoms with Crippen molar-refractivity contribution in [2.24, 2.45) is 4.99 Å². The summed E-state index contributed by atoms with van der Waals surface area (Å²) < 4.78 is 32.7. The van der Waals surface area contributed by atoms with Crippen molar-refractivity contribution in [3.63, 3.8) is 0 Å². The van der Waals surface area contributed by atoms with Crippen LogP contribution in [0.5, 0.6) is 23.0 Å². The summed E-state index contributed by atoms with van der Waals surface area (Å²) >= 11 is 1.47. The Bertz CT molecular complexity index is 1770. The molecule has 2 heterocycles. The van der Waals surface area contributed by atoms with Crippen LogP contribution in [0.15, 0.2) is 76.1 Å². The monoisotopic (exact) mass is 572 g/mol. The van der Waals surface area contributed by atoms with Gasteiger partial charge in [0.25, 0.3) is 0 Å². The maximum atomic E-state index is 11.6. The van der Waals surface area contributed by atoms with Gasteiger partial charge in [0, 0.05) is 27.5 Å². The highest BCUT2D eigenvalue weighted by Gasteiger charge is 2.14. The minimum atomic E-state index is -0.476. The van der Waals surface area contributed by atoms with E-state index in [-0.39, 0.29) is 6.61 Å². The third-order valence-corrected chi connectivity index (χ3v) is 7.20. The second kappa shape index (κ2) is 12.1. The van der Waals surface area contributed by atoms with Crippen molar-refractivity contribution >= 4 is 33.4 Å². The lowest BCUT2D eigenvalue weighted by Crippen LogP contribution is -2.12. The van der Waals surface area contributed by atoms with Gasteiger partial charge in [0.15, 0.2) is 18.1 Å². The molecule has 5 aromatic rings. The second-order valence-electron chi connectivity index (χ2n) is 8.83. The number of esters is 1. The van der Waals surface area contributed by atoms with Gasteiger partial charge in [-0.15, -0.1) is 0 Å². The molecule has 210 valence electrons. The van der Waals surface area contributed by atoms with Gasteiger partial charge < -0.3 is 28.1 Å². The van der Waals surface area contributed by atoms with Crippen LogP contribution in [0.2, 0.25) is 0 Å². The zero-order chi connectivity index (χ0) is 28.9. The fourth-order valence-corrected chi connectivity index (χ4v) is 5.03. The van der Waals surface area contributed by atoms with Gasteiger partial charge in [-0.05, 0) is 67.6 Å². The molecule has 9 nitrogen and oxygen atoms in total. The summed E-state index contributed by atoms with van der Waals surface area (Å²) in [5.74, 6) is 2.63. The van der Waals surface area contributed by atoms with Crippen LogP contribution in [-0.4, -0.2) is 46.0 Å². The summed E-state index contributed by atoms with van der Waals surface area (Å²) in [7, 11) is 6.14. The van der Waals surface area contributed by atoms with E-state index < -0.39 is 5.97 Å². The van der Waals surface area contributed by atoms with Gasteiger partial charge in [0.2, 0.25) is 5.13 Å². The Labute approximate surface area is 240 Å². The number of carbonyl (C=O) groups is 1. The van der Waals surface area contributed by atoms with Crippen molar-refractivity contribution in [1.82, 2.24) is 4.98 Å². The third kappa shape index (κ3) is 6.02. The van der Waals surface area contributed by atoms with Crippen LogP contribution in [0.3, 0.4) is 0 Å². The average Bonchev–Trinajstić information content (AvgIpc) is 3.38. The molecule has 0 spiro atoms. The average molecular weight is 573 g/mol. The summed E-state index contributed by atoms with van der Waals surface area (Å²) in [5.41, 5.74) is 3.15. The van der Waals surface area contributed by atoms with Gasteiger partial charge in [-0.2, -0.15) is 0 Å². The zero-order valence-corrected chi connectivity index (χ0v) is 24.0. The van der Waals surface area contributed by atoms with Crippen LogP contribution in [0, 0.1) is 6.92 Å². The largest absolute Gasteiger partial charge is 0.497 e. The van der Waals surface area contributed by atoms with Gasteiger partial charge in [-0.25, -0.2) is 14.8 Å². The van der Waals surface area contributed by atoms with E-state index >= 15 is 0 Å². The van der Waals surface area contributed by atoms with E-state index in [4.69, 9.17) is 33.3 Å². The Kier molecular flexibility index (Phi) is 8.21. The Morgan fingerprint density at radius 2 is 1.59 bits per heavy atom. The Morgan fingerprint density at radius 1 is 0.854 bits per heavy atom. The molecule has 0 aliphatic heterocycles. The fraction of sp³-hybridized carbons (Fsp3) is 0.194. The first kappa shape index (κ1) is 27.7. The van der Waals surface area contributed by atoms with E-state index in [1.54, 1.807) is 39.5 Å². The molecular formula is C31H28N2O7S. The molecule has 0 saturated heterocycles. The molecule has 5 rings (SSSR count). The van der Waals surface area contributed by atoms with E-state index in [1.165, 1.54) is 18.4 Å². The van der Waals surface area contributed by atoms with Crippen molar-refractivity contribution in [2.45, 2.75) is 6.92 Å². The topological polar surface area (TPSA) is 102 Å². The van der Waals surface area contributed by atoms with Crippen molar-refractivity contribution in [2.75, 3.05) is 35.0 Å². The van der Waals surface area contributed by atoms with E-state index in [0.29, 0.717) is 44.5 Å². The summed E-state index contributed by atoms with van der Waals surface area (Å²) in [6.45, 7) is 1.79. The number of thiazole rings is 1. The molecular weight excluding hydrogens is 544 g/mol. The standard InChI is InChI=1S/C31H28N2O7S/c1-18-30(20-8-12-26(36-3)28(14-20)37-4)33-31(41-18)32-24-16-27(19-6-9-21(35-2)10-7-19)40-25-13-11-22(15-23(24)25)39-17-29(34)38-5/h6-16H,17H2,1-5H3. The van der Waals surface area contributed by atoms with Crippen LogP contribution in [0.25, 0.3) is 33.6 Å². The number of ether oxygens (including phenoxy) is 5. The van der Waals surface area contributed by atoms with Crippen LogP contribution < -0.4 is 24.3 Å². The second-order valence-corrected chi connectivity index (χ2v) is 10.0. The minimum Gasteiger partial charge on any atom is -0.497 e. The molecule has 41 heavy (non-hydrogen) atoms. The van der Waals surface area contributed by atoms with Gasteiger partial charge in [0.1, 0.15) is 22.8 Å². The number of hydrogen-bond donors (Lipinski definition) is 0. The number of aromatic nitrogens is 1. The van der Waals surface area contributed by atoms with E-state index in [9.17, 15) is 4.79 Å². The molecule has 0 unspecified atom stereocenters. The van der Waals surface area contributed by atoms with Crippen molar-refractivity contribution in [1.29, 1.82) is 0 Å². The van der Waals surface area contributed by atoms with E-state index in [2.05, 4.69) is 4.74 Å². The molecule has 2 aromatic heterocycles. The number of methoxy groups -OCH3 is 4. The smallest absolute Gasteiger partial charge is 0.343 e. The third-order valence-electron chi connectivity index (χ3n) is 6.33. The number of hydrogen-bond acceptors (Lipinski definition) is 10. The lowest BCUT2D eigenvalue weighted by Gasteiger charge is -2.09. The molecule has 0 saturated carbocycles. The molecule has 3 aromatic carbocycles. The number of benzene rings is 3. The first-order valence-corrected chi connectivity index (χ1v) is 13.4. The quantitative estimate of drug-likeness (QED) is 0.189. The molecule has 10 heteroatoms. The van der Waals surface area contributed by atoms with E-state index in [1.807, 2.05) is 55.5 Å². The maximum absolute atomic E-state index is 11.6. The van der Waals surface area contributed by atoms with Crippen molar-refractivity contribution in [3.05, 3.63) is 77.0 Å². The van der Waals surface area contributed by atoms with Crippen LogP contribution in [0.4, 0.5) is 5.13 Å². The molecule has 0 fully saturated rings. The highest BCUT2D eigenvalue weighted by molar-refractivity contribution is 7.15. The van der Waals surface area contributed by atoms with Gasteiger partial charge in [-0.3, -0.25) is 0 Å². The molecule has 0 N–H and O–H groups in total. The first-order valence-electron chi connectivity index (χ1n) is 12.6. The number of nitrogens with zero attached hydrogens (tertiary/aromatic N) is 2. The maximum Gasteiger partial charge on any atom is 0.343 e. The fourth-order valence-electron chi connectivity index (χ4n) is 4.21. The Morgan fingerprint density at radius 3 is 2.29 bits per heavy atom. The SMILES string of the molecule is COC(=O)COc1ccc2oc(-c3ccc(OC)cc3)cc(=Nc3nc(-c4ccc(OC)c(OC)c4)c(C)s3)c2c1. The predicted octanol–water partition coefficient (Wildman–Crippen LogP) is 6.34. The summed E-state index contributed by atoms with van der Waals surface area (Å²) in [5, 5.41) is 1.90. The molecule has 0 bridgehead atoms. The van der Waals surface area contributed by atoms with Crippen molar-refractivity contribution in [3.8, 4) is 45.6 Å². The van der Waals surface area contributed by atoms with Gasteiger partial charge >= 0.3 is 5.97 Å². The molecule has 0 amide bonds. The highest BCUT2D eigenvalue weighted by atomic mass is 32.1. The lowest BCUT2D eigenvalue weighted by molar-refractivity contribution is -0.142. The summed E-state index contributed by atoms with van der Waals surface area (Å²) in [6, 6.07) is 20.4. The minimum absolute atomic E-state index is 0.212. The number of fused-ring (bicyclic) bond motifs is 1. The number of aryl methyl sites for hydroxylation is 1. The van der Waals surface area contributed by atoms with Crippen LogP contribution in [0.1, 0.15) is 4.88 Å². The van der Waals surface area contributed by atoms with Crippen LogP contribution >= 0.6 is 11.3 Å². The van der Waals surface area contributed by atoms with E-state index in [0.717, 1.165) is 27.4 Å². The first-order chi connectivity index (χ1) is 19.9. The molecule has 0 radical (unpaired) electrons. The lowest BCUT2D eigenvalue weighted by atomic mass is 10.1. The summed E-state index contributed by atoms with van der Waals surface area (Å²) in [6.07, 6.45) is 0. The van der Waals surface area contributed by atoms with Crippen LogP contribution in [-0.2, 0) is 9.53 Å². The van der Waals surface area contributed by atoms with Gasteiger partial charge in [-0.1, -0.05) is 11.3 Å². The molecule has 0 atom stereocenters. The summed E-state index contributed by atoms with van der Waals surface area (Å²) in [4.78, 5) is 22.4. The number of carbonyl (C=O) groups excluding carboxylic acids is 1. The van der Waals surface area contributed by atoms with Crippen molar-refractivity contribution < 1.29 is 32.9 Å². The molecule has 0 aliphatic rings. The highest BCUT2D eigenvalue weighted by Crippen LogP contribution is 2.37. The van der Waals surface area contributed by atoms with Gasteiger partial charge in [0.05, 0.1) is 39.5 Å². The zero-order valence-electron chi connectivity index (χ0n) is 23.2. The predicted molar refractivity (Wildman–Crippen MR) is 156 cm³/mol. The Balaban J connectivity index is 1.63. The normalized spacial score (nSPS) is 11.4. The Hall–Kier alpha value is -4.83.